The summed E-state index contributed by atoms with van der Waals surface area (Å²) >= 11 is 0. The molecule has 0 aliphatic heterocycles. The summed E-state index contributed by atoms with van der Waals surface area (Å²) < 4.78 is 28.6. The van der Waals surface area contributed by atoms with Gasteiger partial charge in [0.25, 0.3) is 0 Å². The lowest BCUT2D eigenvalue weighted by Gasteiger charge is -2.12. The van der Waals surface area contributed by atoms with Gasteiger partial charge in [0.05, 0.1) is 19.8 Å². The Morgan fingerprint density at radius 3 is 2.29 bits per heavy atom. The Hall–Kier alpha value is -1.86. The summed E-state index contributed by atoms with van der Waals surface area (Å²) in [6.07, 6.45) is 1.72. The Labute approximate surface area is 143 Å². The van der Waals surface area contributed by atoms with Crippen molar-refractivity contribution in [2.45, 2.75) is 12.8 Å². The smallest absolute Gasteiger partial charge is 0.190 e. The standard InChI is InChI=1S/C17H28FN3O3/c1-19-17(20-9-3-11-23-14-13-22-2)21-10-4-12-24-16-7-5-15(18)6-8-16/h5-8H,3-4,9-14H2,1-2H3,(H2,19,20,21). The van der Waals surface area contributed by atoms with Crippen LogP contribution in [-0.2, 0) is 9.47 Å². The largest absolute Gasteiger partial charge is 0.494 e. The molecule has 136 valence electrons. The van der Waals surface area contributed by atoms with E-state index in [1.54, 1.807) is 26.3 Å². The third kappa shape index (κ3) is 10.0. The highest BCUT2D eigenvalue weighted by molar-refractivity contribution is 5.79. The molecule has 0 saturated carbocycles. The number of nitrogens with zero attached hydrogens (tertiary/aromatic N) is 1. The molecule has 0 fully saturated rings. The van der Waals surface area contributed by atoms with Gasteiger partial charge in [0.2, 0.25) is 0 Å². The van der Waals surface area contributed by atoms with Gasteiger partial charge in [-0.15, -0.1) is 0 Å². The fourth-order valence-corrected chi connectivity index (χ4v) is 1.85. The van der Waals surface area contributed by atoms with Gasteiger partial charge in [-0.3, -0.25) is 4.99 Å². The highest BCUT2D eigenvalue weighted by Crippen LogP contribution is 2.10. The number of aliphatic imine (C=N–C) groups is 1. The van der Waals surface area contributed by atoms with Crippen LogP contribution < -0.4 is 15.4 Å². The van der Waals surface area contributed by atoms with Gasteiger partial charge in [0.1, 0.15) is 11.6 Å². The van der Waals surface area contributed by atoms with E-state index in [2.05, 4.69) is 15.6 Å². The molecule has 7 heteroatoms. The van der Waals surface area contributed by atoms with Crippen molar-refractivity contribution in [3.63, 3.8) is 0 Å². The van der Waals surface area contributed by atoms with Crippen molar-refractivity contribution in [1.29, 1.82) is 0 Å². The van der Waals surface area contributed by atoms with Crippen molar-refractivity contribution in [3.8, 4) is 5.75 Å². The molecule has 6 nitrogen and oxygen atoms in total. The predicted octanol–water partition coefficient (Wildman–Crippen LogP) is 1.81. The summed E-state index contributed by atoms with van der Waals surface area (Å²) in [5.74, 6) is 1.17. The minimum Gasteiger partial charge on any atom is -0.494 e. The van der Waals surface area contributed by atoms with Crippen LogP contribution in [0.1, 0.15) is 12.8 Å². The Balaban J connectivity index is 2.00. The SMILES string of the molecule is CN=C(NCCCOCCOC)NCCCOc1ccc(F)cc1. The first kappa shape index (κ1) is 20.2. The van der Waals surface area contributed by atoms with Gasteiger partial charge in [-0.25, -0.2) is 4.39 Å². The van der Waals surface area contributed by atoms with Crippen molar-refractivity contribution in [1.82, 2.24) is 10.6 Å². The molecule has 24 heavy (non-hydrogen) atoms. The molecule has 2 N–H and O–H groups in total. The maximum atomic E-state index is 12.8. The van der Waals surface area contributed by atoms with Crippen LogP contribution in [-0.4, -0.2) is 59.6 Å². The summed E-state index contributed by atoms with van der Waals surface area (Å²) in [6, 6.07) is 6.02. The van der Waals surface area contributed by atoms with Crippen LogP contribution in [0.2, 0.25) is 0 Å². The van der Waals surface area contributed by atoms with Gasteiger partial charge >= 0.3 is 0 Å². The maximum Gasteiger partial charge on any atom is 0.190 e. The zero-order valence-electron chi connectivity index (χ0n) is 14.5. The zero-order valence-corrected chi connectivity index (χ0v) is 14.5. The van der Waals surface area contributed by atoms with Gasteiger partial charge in [-0.1, -0.05) is 0 Å². The number of guanidine groups is 1. The van der Waals surface area contributed by atoms with Gasteiger partial charge in [-0.2, -0.15) is 0 Å². The summed E-state index contributed by atoms with van der Waals surface area (Å²) in [5, 5.41) is 6.43. The van der Waals surface area contributed by atoms with E-state index in [9.17, 15) is 4.39 Å². The second kappa shape index (κ2) is 13.6. The Morgan fingerprint density at radius 1 is 1.00 bits per heavy atom. The molecule has 0 aromatic heterocycles. The minimum absolute atomic E-state index is 0.261. The van der Waals surface area contributed by atoms with E-state index in [4.69, 9.17) is 14.2 Å². The molecule has 0 unspecified atom stereocenters. The number of benzene rings is 1. The molecule has 0 aliphatic carbocycles. The quantitative estimate of drug-likeness (QED) is 0.345. The fourth-order valence-electron chi connectivity index (χ4n) is 1.85. The molecule has 0 aliphatic rings. The Kier molecular flexibility index (Phi) is 11.4. The van der Waals surface area contributed by atoms with Crippen LogP contribution in [0.5, 0.6) is 5.75 Å². The number of hydrogen-bond donors (Lipinski definition) is 2. The van der Waals surface area contributed by atoms with E-state index in [0.29, 0.717) is 32.2 Å². The van der Waals surface area contributed by atoms with Crippen molar-refractivity contribution in [2.75, 3.05) is 53.7 Å². The average molecular weight is 341 g/mol. The van der Waals surface area contributed by atoms with E-state index < -0.39 is 0 Å². The molecule has 0 atom stereocenters. The van der Waals surface area contributed by atoms with Gasteiger partial charge in [0, 0.05) is 33.9 Å². The van der Waals surface area contributed by atoms with Gasteiger partial charge < -0.3 is 24.8 Å². The highest BCUT2D eigenvalue weighted by atomic mass is 19.1. The first-order valence-corrected chi connectivity index (χ1v) is 8.16. The highest BCUT2D eigenvalue weighted by Gasteiger charge is 1.98. The summed E-state index contributed by atoms with van der Waals surface area (Å²) in [4.78, 5) is 4.15. The van der Waals surface area contributed by atoms with E-state index in [1.165, 1.54) is 12.1 Å². The molecular weight excluding hydrogens is 313 g/mol. The van der Waals surface area contributed by atoms with Crippen LogP contribution in [0.25, 0.3) is 0 Å². The second-order valence-corrected chi connectivity index (χ2v) is 5.04. The van der Waals surface area contributed by atoms with E-state index in [0.717, 1.165) is 31.9 Å². The van der Waals surface area contributed by atoms with Crippen molar-refractivity contribution in [2.24, 2.45) is 4.99 Å². The third-order valence-corrected chi connectivity index (χ3v) is 3.11. The molecular formula is C17H28FN3O3. The number of ether oxygens (including phenoxy) is 3. The molecule has 0 saturated heterocycles. The molecule has 1 rings (SSSR count). The number of nitrogens with one attached hydrogen (secondary N) is 2. The Morgan fingerprint density at radius 2 is 1.67 bits per heavy atom. The maximum absolute atomic E-state index is 12.8. The fraction of sp³-hybridized carbons (Fsp3) is 0.588. The van der Waals surface area contributed by atoms with Crippen molar-refractivity contribution < 1.29 is 18.6 Å². The average Bonchev–Trinajstić information content (AvgIpc) is 2.60. The van der Waals surface area contributed by atoms with E-state index in [1.807, 2.05) is 0 Å². The topological polar surface area (TPSA) is 64.1 Å². The predicted molar refractivity (Wildman–Crippen MR) is 93.2 cm³/mol. The van der Waals surface area contributed by atoms with Crippen molar-refractivity contribution >= 4 is 5.96 Å². The molecule has 0 heterocycles. The zero-order chi connectivity index (χ0) is 17.5. The lowest BCUT2D eigenvalue weighted by Crippen LogP contribution is -2.38. The van der Waals surface area contributed by atoms with E-state index >= 15 is 0 Å². The lowest BCUT2D eigenvalue weighted by atomic mass is 10.3. The summed E-state index contributed by atoms with van der Waals surface area (Å²) in [6.45, 7) is 4.03. The normalized spacial score (nSPS) is 11.4. The Bertz CT molecular complexity index is 455. The number of methoxy groups -OCH3 is 1. The molecule has 0 spiro atoms. The molecule has 1 aromatic carbocycles. The molecule has 0 bridgehead atoms. The summed E-state index contributed by atoms with van der Waals surface area (Å²) in [5.41, 5.74) is 0. The number of rotatable bonds is 12. The molecule has 0 amide bonds. The van der Waals surface area contributed by atoms with Crippen molar-refractivity contribution in [3.05, 3.63) is 30.1 Å². The monoisotopic (exact) mass is 341 g/mol. The first-order valence-electron chi connectivity index (χ1n) is 8.16. The molecule has 1 aromatic rings. The van der Waals surface area contributed by atoms with Crippen LogP contribution in [0.4, 0.5) is 4.39 Å². The van der Waals surface area contributed by atoms with Crippen LogP contribution in [0.15, 0.2) is 29.3 Å². The third-order valence-electron chi connectivity index (χ3n) is 3.11. The van der Waals surface area contributed by atoms with Crippen LogP contribution in [0, 0.1) is 5.82 Å². The number of halogens is 1. The summed E-state index contributed by atoms with van der Waals surface area (Å²) in [7, 11) is 3.39. The minimum atomic E-state index is -0.261. The lowest BCUT2D eigenvalue weighted by molar-refractivity contribution is 0.0698. The van der Waals surface area contributed by atoms with Crippen LogP contribution in [0.3, 0.4) is 0 Å². The number of hydrogen-bond acceptors (Lipinski definition) is 4. The van der Waals surface area contributed by atoms with Crippen LogP contribution >= 0.6 is 0 Å². The second-order valence-electron chi connectivity index (χ2n) is 5.04. The van der Waals surface area contributed by atoms with Gasteiger partial charge in [-0.05, 0) is 37.1 Å². The first-order chi connectivity index (χ1) is 11.8. The van der Waals surface area contributed by atoms with Gasteiger partial charge in [0.15, 0.2) is 5.96 Å². The van der Waals surface area contributed by atoms with E-state index in [-0.39, 0.29) is 5.82 Å². The molecule has 0 radical (unpaired) electrons.